The molecule has 0 aliphatic heterocycles. The maximum Gasteiger partial charge on any atom is 0.153 e. The summed E-state index contributed by atoms with van der Waals surface area (Å²) in [6.07, 6.45) is 0.733. The molecular formula is C10H15ClN2O2. The number of carbonyl (C=O) groups excluding carboxylic acids is 1. The molecule has 0 amide bonds. The number of carbonyl (C=O) groups is 1. The van der Waals surface area contributed by atoms with E-state index in [1.807, 2.05) is 6.92 Å². The van der Waals surface area contributed by atoms with Gasteiger partial charge in [0.25, 0.3) is 0 Å². The molecule has 0 fully saturated rings. The highest BCUT2D eigenvalue weighted by atomic mass is 35.5. The second kappa shape index (κ2) is 8.23. The van der Waals surface area contributed by atoms with E-state index in [0.717, 1.165) is 6.29 Å². The zero-order chi connectivity index (χ0) is 11.7. The van der Waals surface area contributed by atoms with E-state index in [9.17, 15) is 4.79 Å². The largest absolute Gasteiger partial charge is 0.493 e. The van der Waals surface area contributed by atoms with Crippen molar-refractivity contribution in [2.24, 2.45) is 5.84 Å². The van der Waals surface area contributed by atoms with Gasteiger partial charge in [0.15, 0.2) is 6.29 Å². The third-order valence-corrected chi connectivity index (χ3v) is 1.63. The van der Waals surface area contributed by atoms with Gasteiger partial charge < -0.3 is 4.74 Å². The second-order valence-electron chi connectivity index (χ2n) is 2.52. The van der Waals surface area contributed by atoms with Gasteiger partial charge in [0.05, 0.1) is 12.2 Å². The molecule has 0 saturated heterocycles. The zero-order valence-corrected chi connectivity index (χ0v) is 9.54. The van der Waals surface area contributed by atoms with Crippen molar-refractivity contribution in [2.45, 2.75) is 6.92 Å². The number of benzene rings is 1. The molecule has 3 N–H and O–H groups in total. The summed E-state index contributed by atoms with van der Waals surface area (Å²) in [7, 11) is 1.65. The van der Waals surface area contributed by atoms with Crippen molar-refractivity contribution in [1.29, 1.82) is 0 Å². The number of hydrogen-bond acceptors (Lipinski definition) is 4. The highest BCUT2D eigenvalue weighted by molar-refractivity contribution is 6.30. The number of hydrogen-bond donors (Lipinski definition) is 2. The van der Waals surface area contributed by atoms with Crippen molar-refractivity contribution < 1.29 is 9.53 Å². The van der Waals surface area contributed by atoms with E-state index in [4.69, 9.17) is 16.3 Å². The number of ether oxygens (including phenoxy) is 1. The molecule has 0 radical (unpaired) electrons. The van der Waals surface area contributed by atoms with Gasteiger partial charge in [0.2, 0.25) is 0 Å². The quantitative estimate of drug-likeness (QED) is 0.471. The van der Waals surface area contributed by atoms with Crippen LogP contribution in [0.1, 0.15) is 17.3 Å². The molecule has 0 aliphatic rings. The van der Waals surface area contributed by atoms with E-state index in [-0.39, 0.29) is 0 Å². The van der Waals surface area contributed by atoms with Gasteiger partial charge in [0.1, 0.15) is 5.75 Å². The lowest BCUT2D eigenvalue weighted by molar-refractivity contribution is 0.112. The van der Waals surface area contributed by atoms with Crippen LogP contribution in [0.15, 0.2) is 18.2 Å². The molecule has 1 aromatic rings. The molecule has 0 spiro atoms. The first-order valence-electron chi connectivity index (χ1n) is 4.44. The summed E-state index contributed by atoms with van der Waals surface area (Å²) in [4.78, 5) is 10.5. The molecule has 5 heteroatoms. The Labute approximate surface area is 94.3 Å². The van der Waals surface area contributed by atoms with Gasteiger partial charge in [0, 0.05) is 5.02 Å². The van der Waals surface area contributed by atoms with Gasteiger partial charge in [-0.2, -0.15) is 0 Å². The van der Waals surface area contributed by atoms with Crippen LogP contribution in [0, 0.1) is 0 Å². The van der Waals surface area contributed by atoms with Crippen molar-refractivity contribution in [3.8, 4) is 5.75 Å². The normalized spacial score (nSPS) is 8.80. The fourth-order valence-corrected chi connectivity index (χ4v) is 1.08. The SMILES string of the molecule is CCOc1ccc(Cl)cc1C=O.CNN. The molecule has 0 heterocycles. The van der Waals surface area contributed by atoms with E-state index in [1.54, 1.807) is 25.2 Å². The summed E-state index contributed by atoms with van der Waals surface area (Å²) in [6, 6.07) is 4.97. The van der Waals surface area contributed by atoms with Crippen LogP contribution in [0.5, 0.6) is 5.75 Å². The van der Waals surface area contributed by atoms with Crippen LogP contribution in [0.3, 0.4) is 0 Å². The highest BCUT2D eigenvalue weighted by Crippen LogP contribution is 2.20. The summed E-state index contributed by atoms with van der Waals surface area (Å²) in [5.74, 6) is 5.18. The van der Waals surface area contributed by atoms with E-state index in [0.29, 0.717) is 22.9 Å². The lowest BCUT2D eigenvalue weighted by Crippen LogP contribution is -2.13. The first-order chi connectivity index (χ1) is 7.19. The number of aldehydes is 1. The van der Waals surface area contributed by atoms with Crippen molar-refractivity contribution in [2.75, 3.05) is 13.7 Å². The van der Waals surface area contributed by atoms with Crippen LogP contribution < -0.4 is 16.0 Å². The van der Waals surface area contributed by atoms with Crippen molar-refractivity contribution in [1.82, 2.24) is 5.43 Å². The Bertz CT molecular complexity index is 305. The molecule has 1 rings (SSSR count). The smallest absolute Gasteiger partial charge is 0.153 e. The molecule has 4 nitrogen and oxygen atoms in total. The predicted octanol–water partition coefficient (Wildman–Crippen LogP) is 1.63. The minimum absolute atomic E-state index is 0.490. The summed E-state index contributed by atoms with van der Waals surface area (Å²) < 4.78 is 5.19. The summed E-state index contributed by atoms with van der Waals surface area (Å²) >= 11 is 5.68. The van der Waals surface area contributed by atoms with Gasteiger partial charge in [-0.1, -0.05) is 11.6 Å². The monoisotopic (exact) mass is 230 g/mol. The number of rotatable bonds is 3. The lowest BCUT2D eigenvalue weighted by Gasteiger charge is -2.04. The molecule has 84 valence electrons. The third kappa shape index (κ3) is 5.37. The molecule has 0 bridgehead atoms. The van der Waals surface area contributed by atoms with E-state index >= 15 is 0 Å². The number of nitrogens with two attached hydrogens (primary N) is 1. The van der Waals surface area contributed by atoms with Gasteiger partial charge >= 0.3 is 0 Å². The van der Waals surface area contributed by atoms with Crippen molar-refractivity contribution in [3.63, 3.8) is 0 Å². The van der Waals surface area contributed by atoms with Gasteiger partial charge in [-0.3, -0.25) is 16.1 Å². The van der Waals surface area contributed by atoms with Crippen molar-refractivity contribution in [3.05, 3.63) is 28.8 Å². The number of hydrazine groups is 1. The Kier molecular flexibility index (Phi) is 7.62. The summed E-state index contributed by atoms with van der Waals surface area (Å²) in [5, 5.41) is 0.542. The molecule has 0 unspecified atom stereocenters. The molecule has 0 aromatic heterocycles. The van der Waals surface area contributed by atoms with Crippen LogP contribution in [-0.2, 0) is 0 Å². The first-order valence-corrected chi connectivity index (χ1v) is 4.82. The molecule has 15 heavy (non-hydrogen) atoms. The molecule has 1 aromatic carbocycles. The van der Waals surface area contributed by atoms with Gasteiger partial charge in [-0.25, -0.2) is 0 Å². The lowest BCUT2D eigenvalue weighted by atomic mass is 10.2. The van der Waals surface area contributed by atoms with E-state index in [1.165, 1.54) is 0 Å². The van der Waals surface area contributed by atoms with Crippen molar-refractivity contribution >= 4 is 17.9 Å². The van der Waals surface area contributed by atoms with Crippen LogP contribution in [0.25, 0.3) is 0 Å². The fourth-order valence-electron chi connectivity index (χ4n) is 0.898. The van der Waals surface area contributed by atoms with Gasteiger partial charge in [-0.15, -0.1) is 0 Å². The fraction of sp³-hybridized carbons (Fsp3) is 0.300. The van der Waals surface area contributed by atoms with E-state index in [2.05, 4.69) is 11.3 Å². The number of halogens is 1. The molecule has 0 aliphatic carbocycles. The Morgan fingerprint density at radius 3 is 2.67 bits per heavy atom. The maximum absolute atomic E-state index is 10.5. The summed E-state index contributed by atoms with van der Waals surface area (Å²) in [5.41, 5.74) is 2.74. The van der Waals surface area contributed by atoms with E-state index < -0.39 is 0 Å². The van der Waals surface area contributed by atoms with Gasteiger partial charge in [-0.05, 0) is 32.2 Å². The minimum Gasteiger partial charge on any atom is -0.493 e. The maximum atomic E-state index is 10.5. The highest BCUT2D eigenvalue weighted by Gasteiger charge is 2.01. The van der Waals surface area contributed by atoms with Crippen LogP contribution in [0.2, 0.25) is 5.02 Å². The number of nitrogens with one attached hydrogen (secondary N) is 1. The average molecular weight is 231 g/mol. The van der Waals surface area contributed by atoms with Crippen LogP contribution in [0.4, 0.5) is 0 Å². The first kappa shape index (κ1) is 13.9. The Morgan fingerprint density at radius 2 is 2.20 bits per heavy atom. The average Bonchev–Trinajstić information content (AvgIpc) is 2.22. The zero-order valence-electron chi connectivity index (χ0n) is 8.79. The molecule has 0 saturated carbocycles. The predicted molar refractivity (Wildman–Crippen MR) is 61.3 cm³/mol. The topological polar surface area (TPSA) is 64.3 Å². The Balaban J connectivity index is 0.000000583. The van der Waals surface area contributed by atoms with Crippen LogP contribution >= 0.6 is 11.6 Å². The minimum atomic E-state index is 0.490. The van der Waals surface area contributed by atoms with Crippen LogP contribution in [-0.4, -0.2) is 19.9 Å². The molecule has 0 atom stereocenters. The summed E-state index contributed by atoms with van der Waals surface area (Å²) in [6.45, 7) is 2.41. The molecular weight excluding hydrogens is 216 g/mol. The third-order valence-electron chi connectivity index (χ3n) is 1.40. The standard InChI is InChI=1S/C9H9ClO2.CH6N2/c1-2-12-9-4-3-8(10)5-7(9)6-11;1-3-2/h3-6H,2H2,1H3;3H,2H2,1H3. The second-order valence-corrected chi connectivity index (χ2v) is 2.96. The Hall–Kier alpha value is -1.10. The Morgan fingerprint density at radius 1 is 1.60 bits per heavy atom.